The number of anilines is 1. The van der Waals surface area contributed by atoms with Crippen LogP contribution in [0.25, 0.3) is 22.5 Å². The van der Waals surface area contributed by atoms with Gasteiger partial charge in [-0.3, -0.25) is 0 Å². The Balaban J connectivity index is 2.19. The van der Waals surface area contributed by atoms with Crippen LogP contribution in [0.5, 0.6) is 0 Å². The third-order valence-corrected chi connectivity index (χ3v) is 3.49. The van der Waals surface area contributed by atoms with Crippen LogP contribution in [-0.2, 0) is 0 Å². The van der Waals surface area contributed by atoms with Crippen molar-refractivity contribution in [2.45, 2.75) is 13.8 Å². The van der Waals surface area contributed by atoms with E-state index in [4.69, 9.17) is 10.3 Å². The van der Waals surface area contributed by atoms with Gasteiger partial charge in [-0.1, -0.05) is 35.0 Å². The minimum atomic E-state index is -0.277. The molecule has 21 heavy (non-hydrogen) atoms. The second kappa shape index (κ2) is 5.05. The van der Waals surface area contributed by atoms with Gasteiger partial charge in [-0.15, -0.1) is 0 Å². The molecule has 0 unspecified atom stereocenters. The van der Waals surface area contributed by atoms with Crippen molar-refractivity contribution in [1.29, 1.82) is 0 Å². The molecule has 0 spiro atoms. The fraction of sp³-hybridized carbons (Fsp3) is 0.118. The molecule has 106 valence electrons. The van der Waals surface area contributed by atoms with Crippen molar-refractivity contribution in [1.82, 2.24) is 5.16 Å². The smallest absolute Gasteiger partial charge is 0.177 e. The molecule has 4 heteroatoms. The molecule has 3 aromatic rings. The molecule has 0 aliphatic rings. The number of nitrogens with two attached hydrogens (primary N) is 1. The van der Waals surface area contributed by atoms with E-state index >= 15 is 0 Å². The van der Waals surface area contributed by atoms with Crippen molar-refractivity contribution in [2.75, 3.05) is 5.73 Å². The molecule has 3 nitrogen and oxygen atoms in total. The zero-order valence-electron chi connectivity index (χ0n) is 11.9. The summed E-state index contributed by atoms with van der Waals surface area (Å²) in [4.78, 5) is 0. The van der Waals surface area contributed by atoms with Crippen molar-refractivity contribution < 1.29 is 8.91 Å². The minimum absolute atomic E-state index is 0.277. The maximum atomic E-state index is 13.3. The van der Waals surface area contributed by atoms with Crippen molar-refractivity contribution in [3.63, 3.8) is 0 Å². The summed E-state index contributed by atoms with van der Waals surface area (Å²) in [6.45, 7) is 3.85. The molecular weight excluding hydrogens is 267 g/mol. The van der Waals surface area contributed by atoms with Crippen LogP contribution < -0.4 is 5.73 Å². The van der Waals surface area contributed by atoms with E-state index in [0.717, 1.165) is 27.8 Å². The lowest BCUT2D eigenvalue weighted by Crippen LogP contribution is -1.90. The molecule has 3 rings (SSSR count). The molecule has 0 atom stereocenters. The second-order valence-electron chi connectivity index (χ2n) is 5.10. The number of nitrogens with zero attached hydrogens (tertiary/aromatic N) is 1. The molecule has 0 bridgehead atoms. The van der Waals surface area contributed by atoms with Gasteiger partial charge in [-0.2, -0.15) is 0 Å². The van der Waals surface area contributed by atoms with Crippen LogP contribution in [-0.4, -0.2) is 5.16 Å². The summed E-state index contributed by atoms with van der Waals surface area (Å²) in [5.74, 6) is 0.618. The zero-order valence-corrected chi connectivity index (χ0v) is 11.9. The van der Waals surface area contributed by atoms with Crippen LogP contribution in [0.4, 0.5) is 10.2 Å². The van der Waals surface area contributed by atoms with Crippen molar-refractivity contribution in [2.24, 2.45) is 0 Å². The quantitative estimate of drug-likeness (QED) is 0.760. The Morgan fingerprint density at radius 3 is 2.43 bits per heavy atom. The average Bonchev–Trinajstić information content (AvgIpc) is 2.82. The Kier molecular flexibility index (Phi) is 3.22. The Bertz CT molecular complexity index is 791. The van der Waals surface area contributed by atoms with Gasteiger partial charge in [0.15, 0.2) is 11.6 Å². The molecular formula is C17H15FN2O. The van der Waals surface area contributed by atoms with Gasteiger partial charge in [0.1, 0.15) is 5.82 Å². The summed E-state index contributed by atoms with van der Waals surface area (Å²) >= 11 is 0. The lowest BCUT2D eigenvalue weighted by Gasteiger charge is -2.06. The molecule has 0 saturated carbocycles. The predicted octanol–water partition coefficient (Wildman–Crippen LogP) is 4.35. The first kappa shape index (κ1) is 13.4. The zero-order chi connectivity index (χ0) is 15.0. The summed E-state index contributed by atoms with van der Waals surface area (Å²) in [7, 11) is 0. The first-order valence-electron chi connectivity index (χ1n) is 6.65. The molecule has 2 N–H and O–H groups in total. The fourth-order valence-electron chi connectivity index (χ4n) is 2.37. The predicted molar refractivity (Wildman–Crippen MR) is 81.2 cm³/mol. The first-order chi connectivity index (χ1) is 10.1. The van der Waals surface area contributed by atoms with Crippen LogP contribution >= 0.6 is 0 Å². The van der Waals surface area contributed by atoms with Crippen LogP contribution in [0.3, 0.4) is 0 Å². The topological polar surface area (TPSA) is 52.0 Å². The van der Waals surface area contributed by atoms with E-state index in [-0.39, 0.29) is 5.82 Å². The van der Waals surface area contributed by atoms with Gasteiger partial charge in [0.2, 0.25) is 0 Å². The summed E-state index contributed by atoms with van der Waals surface area (Å²) in [6.07, 6.45) is 0. The molecule has 0 aliphatic carbocycles. The van der Waals surface area contributed by atoms with E-state index in [2.05, 4.69) is 5.16 Å². The van der Waals surface area contributed by atoms with E-state index in [1.807, 2.05) is 38.1 Å². The SMILES string of the molecule is Cc1ccc(-c2c(N)noc2-c2ccc(F)cc2C)cc1. The number of nitrogen functional groups attached to an aromatic ring is 1. The minimum Gasteiger partial charge on any atom is -0.380 e. The summed E-state index contributed by atoms with van der Waals surface area (Å²) in [5.41, 5.74) is 10.3. The fourth-order valence-corrected chi connectivity index (χ4v) is 2.37. The largest absolute Gasteiger partial charge is 0.380 e. The van der Waals surface area contributed by atoms with Gasteiger partial charge in [-0.25, -0.2) is 4.39 Å². The van der Waals surface area contributed by atoms with Crippen molar-refractivity contribution in [3.8, 4) is 22.5 Å². The third kappa shape index (κ3) is 2.40. The molecule has 2 aromatic carbocycles. The summed E-state index contributed by atoms with van der Waals surface area (Å²) in [6, 6.07) is 12.5. The number of benzene rings is 2. The molecule has 1 heterocycles. The molecule has 1 aromatic heterocycles. The lowest BCUT2D eigenvalue weighted by atomic mass is 9.98. The van der Waals surface area contributed by atoms with E-state index in [9.17, 15) is 4.39 Å². The normalized spacial score (nSPS) is 10.8. The maximum absolute atomic E-state index is 13.3. The van der Waals surface area contributed by atoms with Crippen molar-refractivity contribution >= 4 is 5.82 Å². The Hall–Kier alpha value is -2.62. The van der Waals surface area contributed by atoms with Gasteiger partial charge in [0.25, 0.3) is 0 Å². The number of hydrogen-bond acceptors (Lipinski definition) is 3. The van der Waals surface area contributed by atoms with Crippen LogP contribution in [0, 0.1) is 19.7 Å². The van der Waals surface area contributed by atoms with Gasteiger partial charge in [-0.05, 0) is 43.2 Å². The van der Waals surface area contributed by atoms with Gasteiger partial charge in [0.05, 0.1) is 5.56 Å². The highest BCUT2D eigenvalue weighted by Gasteiger charge is 2.19. The highest BCUT2D eigenvalue weighted by molar-refractivity contribution is 5.87. The van der Waals surface area contributed by atoms with E-state index in [1.54, 1.807) is 6.07 Å². The van der Waals surface area contributed by atoms with Gasteiger partial charge in [0, 0.05) is 5.56 Å². The average molecular weight is 282 g/mol. The lowest BCUT2D eigenvalue weighted by molar-refractivity contribution is 0.436. The second-order valence-corrected chi connectivity index (χ2v) is 5.10. The number of rotatable bonds is 2. The Labute approximate surface area is 122 Å². The number of aryl methyl sites for hydroxylation is 2. The highest BCUT2D eigenvalue weighted by atomic mass is 19.1. The summed E-state index contributed by atoms with van der Waals surface area (Å²) < 4.78 is 18.7. The van der Waals surface area contributed by atoms with Gasteiger partial charge >= 0.3 is 0 Å². The summed E-state index contributed by atoms with van der Waals surface area (Å²) in [5, 5.41) is 3.86. The molecule has 0 saturated heterocycles. The molecule has 0 fully saturated rings. The van der Waals surface area contributed by atoms with Crippen LogP contribution in [0.15, 0.2) is 47.0 Å². The third-order valence-electron chi connectivity index (χ3n) is 3.49. The van der Waals surface area contributed by atoms with Crippen LogP contribution in [0.2, 0.25) is 0 Å². The Morgan fingerprint density at radius 2 is 1.76 bits per heavy atom. The molecule has 0 radical (unpaired) electrons. The number of aromatic nitrogens is 1. The standard InChI is InChI=1S/C17H15FN2O/c1-10-3-5-12(6-4-10)15-16(21-20-17(15)19)14-8-7-13(18)9-11(14)2/h3-9H,1-2H3,(H2,19,20). The molecule has 0 amide bonds. The number of halogens is 1. The van der Waals surface area contributed by atoms with E-state index in [0.29, 0.717) is 11.6 Å². The van der Waals surface area contributed by atoms with Gasteiger partial charge < -0.3 is 10.3 Å². The maximum Gasteiger partial charge on any atom is 0.177 e. The Morgan fingerprint density at radius 1 is 1.05 bits per heavy atom. The van der Waals surface area contributed by atoms with E-state index < -0.39 is 0 Å². The highest BCUT2D eigenvalue weighted by Crippen LogP contribution is 2.38. The van der Waals surface area contributed by atoms with Crippen LogP contribution in [0.1, 0.15) is 11.1 Å². The number of hydrogen-bond donors (Lipinski definition) is 1. The van der Waals surface area contributed by atoms with Crippen molar-refractivity contribution in [3.05, 3.63) is 59.4 Å². The van der Waals surface area contributed by atoms with E-state index in [1.165, 1.54) is 12.1 Å². The molecule has 0 aliphatic heterocycles. The monoisotopic (exact) mass is 282 g/mol. The first-order valence-corrected chi connectivity index (χ1v) is 6.65.